The number of hydrogen-bond acceptors (Lipinski definition) is 4. The van der Waals surface area contributed by atoms with Crippen LogP contribution in [-0.4, -0.2) is 41.3 Å². The van der Waals surface area contributed by atoms with Gasteiger partial charge in [-0.05, 0) is 51.2 Å². The molecule has 29 heavy (non-hydrogen) atoms. The van der Waals surface area contributed by atoms with Crippen LogP contribution >= 0.6 is 11.3 Å². The number of hydrogen-bond donors (Lipinski definition) is 1. The Morgan fingerprint density at radius 2 is 2.07 bits per heavy atom. The zero-order valence-corrected chi connectivity index (χ0v) is 18.1. The normalized spacial score (nSPS) is 19.2. The molecule has 1 aliphatic heterocycles. The minimum absolute atomic E-state index is 0.131. The van der Waals surface area contributed by atoms with Crippen molar-refractivity contribution in [2.24, 2.45) is 5.92 Å². The number of amides is 2. The van der Waals surface area contributed by atoms with Crippen LogP contribution in [0.1, 0.15) is 63.8 Å². The molecular weight excluding hydrogens is 382 g/mol. The molecule has 1 N–H and O–H groups in total. The highest BCUT2D eigenvalue weighted by Gasteiger charge is 2.29. The molecule has 6 heteroatoms. The van der Waals surface area contributed by atoms with Gasteiger partial charge in [0.05, 0.1) is 10.7 Å². The smallest absolute Gasteiger partial charge is 0.254 e. The Hall–Kier alpha value is -2.21. The maximum Gasteiger partial charge on any atom is 0.254 e. The van der Waals surface area contributed by atoms with Gasteiger partial charge in [-0.15, -0.1) is 11.3 Å². The molecule has 1 aromatic carbocycles. The maximum atomic E-state index is 13.0. The topological polar surface area (TPSA) is 62.3 Å². The number of rotatable bonds is 6. The highest BCUT2D eigenvalue weighted by atomic mass is 32.1. The lowest BCUT2D eigenvalue weighted by Gasteiger charge is -2.32. The molecule has 2 aliphatic rings. The van der Waals surface area contributed by atoms with Crippen molar-refractivity contribution in [3.63, 3.8) is 0 Å². The first-order valence-corrected chi connectivity index (χ1v) is 11.5. The van der Waals surface area contributed by atoms with E-state index in [1.54, 1.807) is 11.3 Å². The molecule has 1 saturated carbocycles. The third-order valence-electron chi connectivity index (χ3n) is 5.87. The van der Waals surface area contributed by atoms with E-state index in [0.29, 0.717) is 12.5 Å². The minimum atomic E-state index is 0.131. The summed E-state index contributed by atoms with van der Waals surface area (Å²) in [5.41, 5.74) is 4.07. The van der Waals surface area contributed by atoms with Crippen molar-refractivity contribution in [3.8, 4) is 0 Å². The van der Waals surface area contributed by atoms with Gasteiger partial charge < -0.3 is 10.2 Å². The number of aromatic nitrogens is 1. The Bertz CT molecular complexity index is 903. The van der Waals surface area contributed by atoms with Gasteiger partial charge in [-0.2, -0.15) is 0 Å². The van der Waals surface area contributed by atoms with Crippen molar-refractivity contribution in [2.75, 3.05) is 19.6 Å². The third kappa shape index (κ3) is 4.86. The van der Waals surface area contributed by atoms with Crippen molar-refractivity contribution in [1.82, 2.24) is 15.2 Å². The number of aryl methyl sites for hydroxylation is 2. The molecule has 154 valence electrons. The van der Waals surface area contributed by atoms with Crippen LogP contribution in [0.5, 0.6) is 0 Å². The fourth-order valence-corrected chi connectivity index (χ4v) is 5.00. The Labute approximate surface area is 176 Å². The molecule has 2 heterocycles. The molecule has 4 rings (SSSR count). The summed E-state index contributed by atoms with van der Waals surface area (Å²) in [7, 11) is 0. The average molecular weight is 412 g/mol. The first kappa shape index (κ1) is 20.1. The van der Waals surface area contributed by atoms with E-state index < -0.39 is 0 Å². The monoisotopic (exact) mass is 411 g/mol. The number of nitrogens with one attached hydrogen (secondary N) is 1. The first-order chi connectivity index (χ1) is 14.0. The number of carbonyl (C=O) groups excluding carboxylic acids is 2. The van der Waals surface area contributed by atoms with E-state index in [-0.39, 0.29) is 17.7 Å². The van der Waals surface area contributed by atoms with Crippen LogP contribution in [0.2, 0.25) is 0 Å². The van der Waals surface area contributed by atoms with Crippen LogP contribution in [0.15, 0.2) is 23.6 Å². The fraction of sp³-hybridized carbons (Fsp3) is 0.522. The van der Waals surface area contributed by atoms with Crippen LogP contribution in [-0.2, 0) is 11.2 Å². The second-order valence-electron chi connectivity index (χ2n) is 8.40. The Morgan fingerprint density at radius 1 is 1.24 bits per heavy atom. The predicted octanol–water partition coefficient (Wildman–Crippen LogP) is 3.85. The standard InChI is InChI=1S/C23H29N3O2S/c1-15-5-8-20(16(2)12-15)23(28)26-11-3-4-18(13-26)22-25-19(14-29-22)9-10-24-21(27)17-6-7-17/h5,8,12,14,17-18H,3-4,6-7,9-11,13H2,1-2H3,(H,24,27)/t18-/m1/s1. The van der Waals surface area contributed by atoms with Crippen molar-refractivity contribution in [2.45, 2.75) is 51.9 Å². The van der Waals surface area contributed by atoms with Crippen LogP contribution in [0.4, 0.5) is 0 Å². The molecule has 0 unspecified atom stereocenters. The molecule has 5 nitrogen and oxygen atoms in total. The van der Waals surface area contributed by atoms with Gasteiger partial charge in [0.25, 0.3) is 5.91 Å². The van der Waals surface area contributed by atoms with Crippen LogP contribution in [0.3, 0.4) is 0 Å². The molecule has 2 fully saturated rings. The lowest BCUT2D eigenvalue weighted by Crippen LogP contribution is -2.39. The largest absolute Gasteiger partial charge is 0.355 e. The molecule has 2 amide bonds. The van der Waals surface area contributed by atoms with Gasteiger partial charge in [-0.1, -0.05) is 17.7 Å². The predicted molar refractivity (Wildman–Crippen MR) is 115 cm³/mol. The summed E-state index contributed by atoms with van der Waals surface area (Å²) in [6.45, 7) is 6.26. The molecule has 1 aromatic heterocycles. The minimum Gasteiger partial charge on any atom is -0.355 e. The van der Waals surface area contributed by atoms with E-state index in [2.05, 4.69) is 23.7 Å². The SMILES string of the molecule is Cc1ccc(C(=O)N2CCC[C@@H](c3nc(CCNC(=O)C4CC4)cs3)C2)c(C)c1. The van der Waals surface area contributed by atoms with Gasteiger partial charge in [0.1, 0.15) is 0 Å². The summed E-state index contributed by atoms with van der Waals surface area (Å²) in [6.07, 6.45) is 4.92. The van der Waals surface area contributed by atoms with Gasteiger partial charge in [0.2, 0.25) is 5.91 Å². The summed E-state index contributed by atoms with van der Waals surface area (Å²) in [5.74, 6) is 0.877. The van der Waals surface area contributed by atoms with Crippen LogP contribution in [0.25, 0.3) is 0 Å². The lowest BCUT2D eigenvalue weighted by atomic mass is 9.97. The van der Waals surface area contributed by atoms with Gasteiger partial charge in [0, 0.05) is 48.8 Å². The van der Waals surface area contributed by atoms with Crippen molar-refractivity contribution in [3.05, 3.63) is 51.0 Å². The van der Waals surface area contributed by atoms with Crippen molar-refractivity contribution < 1.29 is 9.59 Å². The Morgan fingerprint density at radius 3 is 2.83 bits per heavy atom. The molecule has 1 aliphatic carbocycles. The average Bonchev–Trinajstić information content (AvgIpc) is 3.46. The maximum absolute atomic E-state index is 13.0. The van der Waals surface area contributed by atoms with Crippen LogP contribution < -0.4 is 5.32 Å². The first-order valence-electron chi connectivity index (χ1n) is 10.6. The molecule has 2 aromatic rings. The highest BCUT2D eigenvalue weighted by Crippen LogP contribution is 2.31. The molecule has 0 radical (unpaired) electrons. The molecule has 1 atom stereocenters. The van der Waals surface area contributed by atoms with Crippen molar-refractivity contribution in [1.29, 1.82) is 0 Å². The molecular formula is C23H29N3O2S. The number of nitrogens with zero attached hydrogens (tertiary/aromatic N) is 2. The van der Waals surface area contributed by atoms with Gasteiger partial charge in [-0.25, -0.2) is 4.98 Å². The lowest BCUT2D eigenvalue weighted by molar-refractivity contribution is -0.122. The van der Waals surface area contributed by atoms with E-state index in [0.717, 1.165) is 67.0 Å². The van der Waals surface area contributed by atoms with E-state index in [4.69, 9.17) is 4.98 Å². The summed E-state index contributed by atoms with van der Waals surface area (Å²) in [4.78, 5) is 31.6. The second-order valence-corrected chi connectivity index (χ2v) is 9.29. The molecule has 0 spiro atoms. The van der Waals surface area contributed by atoms with E-state index in [9.17, 15) is 9.59 Å². The quantitative estimate of drug-likeness (QED) is 0.785. The summed E-state index contributed by atoms with van der Waals surface area (Å²) in [5, 5.41) is 6.22. The highest BCUT2D eigenvalue weighted by molar-refractivity contribution is 7.09. The van der Waals surface area contributed by atoms with E-state index in [1.165, 1.54) is 5.56 Å². The van der Waals surface area contributed by atoms with E-state index in [1.807, 2.05) is 24.0 Å². The molecule has 1 saturated heterocycles. The second kappa shape index (κ2) is 8.66. The summed E-state index contributed by atoms with van der Waals surface area (Å²) in [6, 6.07) is 6.04. The number of thiazole rings is 1. The Balaban J connectivity index is 1.35. The van der Waals surface area contributed by atoms with Gasteiger partial charge in [0.15, 0.2) is 0 Å². The summed E-state index contributed by atoms with van der Waals surface area (Å²) < 4.78 is 0. The zero-order valence-electron chi connectivity index (χ0n) is 17.2. The molecule has 0 bridgehead atoms. The number of carbonyl (C=O) groups is 2. The fourth-order valence-electron chi connectivity index (χ4n) is 4.02. The van der Waals surface area contributed by atoms with Crippen molar-refractivity contribution >= 4 is 23.2 Å². The van der Waals surface area contributed by atoms with E-state index >= 15 is 0 Å². The number of likely N-dealkylation sites (tertiary alicyclic amines) is 1. The van der Waals surface area contributed by atoms with Crippen LogP contribution in [0, 0.1) is 19.8 Å². The van der Waals surface area contributed by atoms with Gasteiger partial charge in [-0.3, -0.25) is 9.59 Å². The van der Waals surface area contributed by atoms with Gasteiger partial charge >= 0.3 is 0 Å². The Kier molecular flexibility index (Phi) is 5.99. The number of benzene rings is 1. The summed E-state index contributed by atoms with van der Waals surface area (Å²) >= 11 is 1.69. The number of piperidine rings is 1. The zero-order chi connectivity index (χ0) is 20.4. The third-order valence-corrected chi connectivity index (χ3v) is 6.92.